The summed E-state index contributed by atoms with van der Waals surface area (Å²) < 4.78 is 0. The summed E-state index contributed by atoms with van der Waals surface area (Å²) in [6.45, 7) is 0. The van der Waals surface area contributed by atoms with Crippen LogP contribution in [0.4, 0.5) is 0 Å². The zero-order valence-corrected chi connectivity index (χ0v) is 19.5. The Balaban J connectivity index is 0. The Morgan fingerprint density at radius 2 is 1.48 bits per heavy atom. The van der Waals surface area contributed by atoms with E-state index in [2.05, 4.69) is 9.97 Å². The molecule has 0 aromatic carbocycles. The number of hydrogen-bond donors (Lipinski definition) is 1. The van der Waals surface area contributed by atoms with Crippen molar-refractivity contribution in [2.75, 3.05) is 0 Å². The van der Waals surface area contributed by atoms with Gasteiger partial charge in [0.05, 0.1) is 6.10 Å². The van der Waals surface area contributed by atoms with Crippen molar-refractivity contribution in [3.8, 4) is 0 Å². The third kappa shape index (κ3) is 8.68. The van der Waals surface area contributed by atoms with E-state index in [1.54, 1.807) is 12.3 Å². The molecule has 1 N–H and O–H groups in total. The maximum Gasteiger partial charge on any atom is 1.00 e. The minimum absolute atomic E-state index is 0. The van der Waals surface area contributed by atoms with Gasteiger partial charge in [-0.1, -0.05) is 42.8 Å². The molecule has 2 aliphatic rings. The maximum absolute atomic E-state index is 11.0. The van der Waals surface area contributed by atoms with Gasteiger partial charge >= 0.3 is 29.6 Å². The van der Waals surface area contributed by atoms with E-state index in [9.17, 15) is 9.90 Å². The van der Waals surface area contributed by atoms with Crippen molar-refractivity contribution in [1.29, 1.82) is 0 Å². The van der Waals surface area contributed by atoms with E-state index < -0.39 is 0 Å². The third-order valence-electron chi connectivity index (χ3n) is 5.09. The van der Waals surface area contributed by atoms with Crippen LogP contribution in [0, 0.1) is 0 Å². The van der Waals surface area contributed by atoms with Crippen molar-refractivity contribution in [2.45, 2.75) is 63.9 Å². The quantitative estimate of drug-likeness (QED) is 0.571. The molecule has 2 aromatic heterocycles. The fourth-order valence-corrected chi connectivity index (χ4v) is 3.84. The Kier molecular flexibility index (Phi) is 13.6. The first-order chi connectivity index (χ1) is 12.5. The standard InChI is InChI=1S/C10H12ClNO.C10H10ClNO.CH4.B.Na.H/c2*11-10-4-2-8(6-12-10)7-1-3-9(13)5-7;;;;/h2,4,6-7,9,13H,1,3,5H2;2,4,6-7H,1,3,5H2;1H4;;;/q;;;;+1;-1. The van der Waals surface area contributed by atoms with Gasteiger partial charge in [0.1, 0.15) is 16.1 Å². The monoisotopic (exact) mass is 443 g/mol. The van der Waals surface area contributed by atoms with Crippen molar-refractivity contribution in [3.05, 3.63) is 58.1 Å². The molecule has 2 saturated carbocycles. The summed E-state index contributed by atoms with van der Waals surface area (Å²) in [5.74, 6) is 1.21. The Labute approximate surface area is 209 Å². The molecule has 3 unspecified atom stereocenters. The largest absolute Gasteiger partial charge is 1.00 e. The number of aliphatic hydroxyl groups excluding tert-OH is 1. The molecule has 3 atom stereocenters. The number of carbonyl (C=O) groups excluding carboxylic acids is 1. The van der Waals surface area contributed by atoms with Crippen molar-refractivity contribution in [2.24, 2.45) is 0 Å². The molecule has 3 radical (unpaired) electrons. The Hall–Kier alpha value is -0.425. The second-order valence-electron chi connectivity index (χ2n) is 6.97. The van der Waals surface area contributed by atoms with Crippen LogP contribution in [0.3, 0.4) is 0 Å². The second kappa shape index (κ2) is 13.8. The van der Waals surface area contributed by atoms with Crippen LogP contribution in [0.5, 0.6) is 0 Å². The van der Waals surface area contributed by atoms with Gasteiger partial charge in [0.25, 0.3) is 0 Å². The van der Waals surface area contributed by atoms with Crippen molar-refractivity contribution in [1.82, 2.24) is 9.97 Å². The van der Waals surface area contributed by atoms with Gasteiger partial charge in [-0.05, 0) is 60.8 Å². The number of hydrogen-bond acceptors (Lipinski definition) is 4. The van der Waals surface area contributed by atoms with Crippen LogP contribution >= 0.6 is 23.2 Å². The number of pyridine rings is 2. The van der Waals surface area contributed by atoms with Gasteiger partial charge in [0.2, 0.25) is 0 Å². The topological polar surface area (TPSA) is 63.1 Å². The number of ketones is 1. The van der Waals surface area contributed by atoms with Gasteiger partial charge in [-0.2, -0.15) is 0 Å². The Morgan fingerprint density at radius 1 is 0.931 bits per heavy atom. The predicted octanol–water partition coefficient (Wildman–Crippen LogP) is 2.31. The van der Waals surface area contributed by atoms with Crippen LogP contribution in [0.25, 0.3) is 0 Å². The summed E-state index contributed by atoms with van der Waals surface area (Å²) in [4.78, 5) is 19.1. The summed E-state index contributed by atoms with van der Waals surface area (Å²) in [5.41, 5.74) is 2.33. The third-order valence-corrected chi connectivity index (χ3v) is 5.54. The average Bonchev–Trinajstić information content (AvgIpc) is 3.25. The molecule has 2 aromatic rings. The second-order valence-corrected chi connectivity index (χ2v) is 7.75. The van der Waals surface area contributed by atoms with Crippen molar-refractivity contribution in [3.63, 3.8) is 0 Å². The molecule has 4 nitrogen and oxygen atoms in total. The van der Waals surface area contributed by atoms with Crippen LogP contribution < -0.4 is 29.6 Å². The average molecular weight is 444 g/mol. The van der Waals surface area contributed by atoms with Gasteiger partial charge in [0.15, 0.2) is 0 Å². The molecule has 2 fully saturated rings. The SMILES string of the molecule is C.O=C1CCC(c2ccc(Cl)nc2)C1.OC1CCC(c2ccc(Cl)nc2)C1.[B].[H-].[Na+]. The fourth-order valence-electron chi connectivity index (χ4n) is 3.62. The molecule has 0 amide bonds. The zero-order valence-electron chi connectivity index (χ0n) is 17.0. The van der Waals surface area contributed by atoms with E-state index >= 15 is 0 Å². The summed E-state index contributed by atoms with van der Waals surface area (Å²) in [5, 5.41) is 10.4. The van der Waals surface area contributed by atoms with E-state index in [1.165, 1.54) is 5.56 Å². The minimum atomic E-state index is -0.124. The molecule has 29 heavy (non-hydrogen) atoms. The maximum atomic E-state index is 11.0. The van der Waals surface area contributed by atoms with Gasteiger partial charge in [-0.3, -0.25) is 4.79 Å². The van der Waals surface area contributed by atoms with E-state index in [4.69, 9.17) is 23.2 Å². The van der Waals surface area contributed by atoms with Gasteiger partial charge in [-0.25, -0.2) is 9.97 Å². The molecule has 0 saturated heterocycles. The molecule has 2 heterocycles. The van der Waals surface area contributed by atoms with E-state index in [1.807, 2.05) is 24.4 Å². The molecule has 0 bridgehead atoms. The molecule has 0 aliphatic heterocycles. The van der Waals surface area contributed by atoms with Gasteiger partial charge in [-0.15, -0.1) is 0 Å². The number of rotatable bonds is 2. The number of Topliss-reactive ketones (excluding diaryl/α,β-unsaturated/α-hetero) is 1. The number of halogens is 2. The minimum Gasteiger partial charge on any atom is -1.00 e. The van der Waals surface area contributed by atoms with E-state index in [0.717, 1.165) is 31.2 Å². The summed E-state index contributed by atoms with van der Waals surface area (Å²) in [6.07, 6.45) is 8.64. The number of nitrogens with zero attached hydrogens (tertiary/aromatic N) is 2. The summed E-state index contributed by atoms with van der Waals surface area (Å²) in [6, 6.07) is 7.54. The van der Waals surface area contributed by atoms with Crippen LogP contribution in [-0.2, 0) is 4.79 Å². The summed E-state index contributed by atoms with van der Waals surface area (Å²) in [7, 11) is 0. The smallest absolute Gasteiger partial charge is 1.00 e. The number of aliphatic hydroxyl groups is 1. The zero-order chi connectivity index (χ0) is 18.5. The fraction of sp³-hybridized carbons (Fsp3) is 0.476. The molecular formula is C21H27BCl2N2NaO2. The van der Waals surface area contributed by atoms with Gasteiger partial charge in [0, 0.05) is 33.6 Å². The predicted molar refractivity (Wildman–Crippen MR) is 116 cm³/mol. The summed E-state index contributed by atoms with van der Waals surface area (Å²) >= 11 is 11.4. The van der Waals surface area contributed by atoms with Crippen LogP contribution in [0.2, 0.25) is 10.3 Å². The van der Waals surface area contributed by atoms with E-state index in [0.29, 0.717) is 40.8 Å². The van der Waals surface area contributed by atoms with E-state index in [-0.39, 0.29) is 52.9 Å². The first-order valence-electron chi connectivity index (χ1n) is 8.94. The van der Waals surface area contributed by atoms with Crippen LogP contribution in [0.1, 0.15) is 70.3 Å². The molecule has 0 spiro atoms. The van der Waals surface area contributed by atoms with Crippen molar-refractivity contribution >= 4 is 37.4 Å². The van der Waals surface area contributed by atoms with Gasteiger partial charge < -0.3 is 6.53 Å². The normalized spacial score (nSPS) is 22.4. The van der Waals surface area contributed by atoms with Crippen LogP contribution in [-0.4, -0.2) is 35.4 Å². The first kappa shape index (κ1) is 28.6. The molecule has 4 rings (SSSR count). The Bertz CT molecular complexity index is 754. The molecule has 8 heteroatoms. The van der Waals surface area contributed by atoms with Crippen molar-refractivity contribution < 1.29 is 40.9 Å². The molecule has 2 aliphatic carbocycles. The number of aromatic nitrogens is 2. The number of carbonyl (C=O) groups is 1. The molecule has 151 valence electrons. The Morgan fingerprint density at radius 3 is 1.86 bits per heavy atom. The van der Waals surface area contributed by atoms with Crippen LogP contribution in [0.15, 0.2) is 36.7 Å². The molecular weight excluding hydrogens is 417 g/mol. The first-order valence-corrected chi connectivity index (χ1v) is 9.69.